The van der Waals surface area contributed by atoms with Gasteiger partial charge in [-0.3, -0.25) is 15.7 Å². The molecule has 0 spiro atoms. The van der Waals surface area contributed by atoms with Gasteiger partial charge in [0, 0.05) is 0 Å². The fraction of sp³-hybridized carbons (Fsp3) is 0. The predicted molar refractivity (Wildman–Crippen MR) is 29.9 cm³/mol. The van der Waals surface area contributed by atoms with Gasteiger partial charge in [-0.25, -0.2) is 0 Å². The molecule has 6 N–H and O–H groups in total. The zero-order valence-electron chi connectivity index (χ0n) is 4.99. The summed E-state index contributed by atoms with van der Waals surface area (Å²) in [6.07, 6.45) is 0. The Morgan fingerprint density at radius 3 is 0.700 bits per heavy atom. The fourth-order valence-corrected chi connectivity index (χ4v) is 0. The van der Waals surface area contributed by atoms with Crippen molar-refractivity contribution < 1.29 is 35.6 Å². The zero-order chi connectivity index (χ0) is 8.12. The first-order valence-electron chi connectivity index (χ1n) is 1.37. The van der Waals surface area contributed by atoms with Crippen molar-refractivity contribution in [2.45, 2.75) is 0 Å². The van der Waals surface area contributed by atoms with Crippen molar-refractivity contribution in [3.8, 4) is 0 Å². The molecule has 0 rings (SSSR count). The third-order valence-corrected chi connectivity index (χ3v) is 0. The molecule has 0 heterocycles. The Bertz CT molecular complexity index is 41.5. The Hall–Kier alpha value is -0.605. The van der Waals surface area contributed by atoms with Gasteiger partial charge in [0.05, 0.1) is 0 Å². The van der Waals surface area contributed by atoms with Gasteiger partial charge in [0.1, 0.15) is 0 Å². The standard InChI is InChI=1S/La.3H2N3/c;3*1-3-2/h;3*(H2-,1,2)/q+3;3*-1. The number of rotatable bonds is 0. The molecule has 10 heavy (non-hydrogen) atoms. The molecule has 54 valence electrons. The molecular formula is H6LaN9. The topological polar surface area (TPSA) is 182 Å². The second kappa shape index (κ2) is 80.0. The van der Waals surface area contributed by atoms with E-state index in [4.69, 9.17) is 16.6 Å². The number of nitrogens with two attached hydrogens (primary N) is 3. The van der Waals surface area contributed by atoms with Gasteiger partial charge in [0.15, 0.2) is 0 Å². The Morgan fingerprint density at radius 2 is 0.700 bits per heavy atom. The minimum absolute atomic E-state index is 0. The van der Waals surface area contributed by atoms with Crippen LogP contribution in [0, 0.1) is 35.6 Å². The van der Waals surface area contributed by atoms with Crippen molar-refractivity contribution in [3.05, 3.63) is 16.6 Å². The maximum atomic E-state index is 6.97. The van der Waals surface area contributed by atoms with Gasteiger partial charge in [-0.1, -0.05) is 0 Å². The third-order valence-electron chi connectivity index (χ3n) is 0. The van der Waals surface area contributed by atoms with E-state index >= 15 is 0 Å². The predicted octanol–water partition coefficient (Wildman–Crippen LogP) is -0.355. The van der Waals surface area contributed by atoms with E-state index in [-0.39, 0.29) is 35.6 Å². The fourth-order valence-electron chi connectivity index (χ4n) is 0. The largest absolute Gasteiger partial charge is 3.00 e. The van der Waals surface area contributed by atoms with E-state index in [0.717, 1.165) is 0 Å². The van der Waals surface area contributed by atoms with Gasteiger partial charge in [-0.05, 0) is 0 Å². The van der Waals surface area contributed by atoms with E-state index < -0.39 is 0 Å². The maximum absolute atomic E-state index is 6.97. The van der Waals surface area contributed by atoms with E-state index in [1.54, 1.807) is 0 Å². The maximum Gasteiger partial charge on any atom is 3.00 e. The molecule has 0 aliphatic heterocycles. The van der Waals surface area contributed by atoms with Crippen LogP contribution in [0.3, 0.4) is 0 Å². The van der Waals surface area contributed by atoms with Crippen LogP contribution in [0.15, 0.2) is 15.7 Å². The first-order valence-corrected chi connectivity index (χ1v) is 1.37. The summed E-state index contributed by atoms with van der Waals surface area (Å²) in [5.41, 5.74) is 20.9. The van der Waals surface area contributed by atoms with Crippen molar-refractivity contribution in [3.63, 3.8) is 0 Å². The second-order valence-electron chi connectivity index (χ2n) is 0.346. The minimum Gasteiger partial charge on any atom is -0.427 e. The first kappa shape index (κ1) is 22.7. The monoisotopic (exact) mass is 271 g/mol. The summed E-state index contributed by atoms with van der Waals surface area (Å²) in [5.74, 6) is 12.1. The number of hydrogen-bond acceptors (Lipinski definition) is 3. The van der Waals surface area contributed by atoms with Crippen LogP contribution >= 0.6 is 0 Å². The molecule has 0 amide bonds. The van der Waals surface area contributed by atoms with E-state index in [0.29, 0.717) is 0 Å². The van der Waals surface area contributed by atoms with E-state index in [9.17, 15) is 0 Å². The summed E-state index contributed by atoms with van der Waals surface area (Å²) in [7, 11) is 0. The van der Waals surface area contributed by atoms with E-state index in [2.05, 4.69) is 17.5 Å². The minimum atomic E-state index is 0. The Morgan fingerprint density at radius 1 is 0.700 bits per heavy atom. The smallest absolute Gasteiger partial charge is 0.427 e. The van der Waals surface area contributed by atoms with Crippen LogP contribution in [0.5, 0.6) is 0 Å². The summed E-state index contributed by atoms with van der Waals surface area (Å²) >= 11 is 0. The molecule has 10 heteroatoms. The van der Waals surface area contributed by atoms with Crippen molar-refractivity contribution in [2.24, 2.45) is 33.2 Å². The van der Waals surface area contributed by atoms with Crippen LogP contribution in [0.25, 0.3) is 16.6 Å². The van der Waals surface area contributed by atoms with Crippen LogP contribution in [0.2, 0.25) is 0 Å². The van der Waals surface area contributed by atoms with Crippen molar-refractivity contribution in [2.75, 3.05) is 0 Å². The van der Waals surface area contributed by atoms with E-state index in [1.165, 1.54) is 0 Å². The average molecular weight is 271 g/mol. The second-order valence-corrected chi connectivity index (χ2v) is 0.346. The van der Waals surface area contributed by atoms with Gasteiger partial charge in [0.25, 0.3) is 0 Å². The normalized spacial score (nSPS) is 3.60. The van der Waals surface area contributed by atoms with Crippen molar-refractivity contribution >= 4 is 0 Å². The molecule has 0 aromatic carbocycles. The van der Waals surface area contributed by atoms with Crippen LogP contribution in [-0.4, -0.2) is 0 Å². The molecule has 0 bridgehead atoms. The molecule has 0 unspecified atom stereocenters. The molecular weight excluding hydrogens is 265 g/mol. The van der Waals surface area contributed by atoms with Crippen molar-refractivity contribution in [1.82, 2.24) is 0 Å². The van der Waals surface area contributed by atoms with Crippen LogP contribution < -0.4 is 17.5 Å². The summed E-state index contributed by atoms with van der Waals surface area (Å²) in [5, 5.41) is 6.00. The molecule has 0 saturated heterocycles. The summed E-state index contributed by atoms with van der Waals surface area (Å²) in [4.78, 5) is 0. The van der Waals surface area contributed by atoms with Crippen LogP contribution in [-0.2, 0) is 0 Å². The van der Waals surface area contributed by atoms with Gasteiger partial charge in [-0.15, -0.1) is 0 Å². The quantitative estimate of drug-likeness (QED) is 0.309. The third kappa shape index (κ3) is 826. The Labute approximate surface area is 85.1 Å². The van der Waals surface area contributed by atoms with Gasteiger partial charge < -0.3 is 34.1 Å². The first-order chi connectivity index (χ1) is 4.24. The van der Waals surface area contributed by atoms with Crippen molar-refractivity contribution in [1.29, 1.82) is 0 Å². The molecule has 0 saturated carbocycles. The molecule has 0 aromatic rings. The molecule has 0 fully saturated rings. The number of nitrogens with zero attached hydrogens (tertiary/aromatic N) is 6. The average Bonchev–Trinajstić information content (AvgIpc) is 1.70. The summed E-state index contributed by atoms with van der Waals surface area (Å²) < 4.78 is 0. The van der Waals surface area contributed by atoms with Gasteiger partial charge in [0.2, 0.25) is 0 Å². The molecule has 0 aliphatic carbocycles. The summed E-state index contributed by atoms with van der Waals surface area (Å²) in [6, 6.07) is 0. The molecule has 9 nitrogen and oxygen atoms in total. The van der Waals surface area contributed by atoms with Crippen LogP contribution in [0.1, 0.15) is 0 Å². The van der Waals surface area contributed by atoms with E-state index in [1.807, 2.05) is 15.7 Å². The Kier molecular flexibility index (Phi) is 182. The van der Waals surface area contributed by atoms with Crippen LogP contribution in [0.4, 0.5) is 0 Å². The molecule has 0 aromatic heterocycles. The number of hydrogen-bond donors (Lipinski definition) is 3. The molecule has 0 aliphatic rings. The molecule has 0 atom stereocenters. The van der Waals surface area contributed by atoms with Gasteiger partial charge in [-0.2, -0.15) is 0 Å². The zero-order valence-corrected chi connectivity index (χ0v) is 8.62. The molecule has 0 radical (unpaired) electrons. The Balaban J connectivity index is -0.0000000257. The SMILES string of the molecule is [La+3].[N-]=NN.[N-]=NN.[N-]=NN. The summed E-state index contributed by atoms with van der Waals surface area (Å²) in [6.45, 7) is 0. The van der Waals surface area contributed by atoms with Gasteiger partial charge >= 0.3 is 35.6 Å².